The Hall–Kier alpha value is -3.00. The Morgan fingerprint density at radius 2 is 2.08 bits per heavy atom. The van der Waals surface area contributed by atoms with Crippen LogP contribution in [-0.2, 0) is 11.2 Å². The molecular formula is C17H16N4O3S. The number of non-ortho nitro benzene ring substituents is 1. The van der Waals surface area contributed by atoms with Gasteiger partial charge in [-0.25, -0.2) is 4.68 Å². The van der Waals surface area contributed by atoms with E-state index in [2.05, 4.69) is 10.4 Å². The number of hydrogen-bond donors (Lipinski definition) is 1. The third-order valence-corrected chi connectivity index (χ3v) is 4.36. The van der Waals surface area contributed by atoms with Crippen LogP contribution in [0.5, 0.6) is 0 Å². The fraction of sp³-hybridized carbons (Fsp3) is 0.176. The SMILES string of the molecule is Cc1cc(NC(=O)CCc2ccsc2)n(-c2ccc([N+](=O)[O-])cc2)n1. The molecule has 0 aliphatic heterocycles. The second kappa shape index (κ2) is 7.27. The summed E-state index contributed by atoms with van der Waals surface area (Å²) < 4.78 is 1.57. The number of thiophene rings is 1. The number of nitro benzene ring substituents is 1. The number of hydrogen-bond acceptors (Lipinski definition) is 5. The smallest absolute Gasteiger partial charge is 0.269 e. The molecular weight excluding hydrogens is 340 g/mol. The molecule has 0 bridgehead atoms. The predicted octanol–water partition coefficient (Wildman–Crippen LogP) is 3.72. The Bertz CT molecular complexity index is 885. The number of rotatable bonds is 6. The number of carbonyl (C=O) groups is 1. The Morgan fingerprint density at radius 1 is 1.32 bits per heavy atom. The van der Waals surface area contributed by atoms with E-state index in [-0.39, 0.29) is 11.6 Å². The number of nitro groups is 1. The molecule has 2 aromatic heterocycles. The molecule has 0 saturated carbocycles. The third kappa shape index (κ3) is 4.10. The van der Waals surface area contributed by atoms with Crippen LogP contribution in [0.4, 0.5) is 11.5 Å². The molecule has 0 atom stereocenters. The van der Waals surface area contributed by atoms with Gasteiger partial charge < -0.3 is 5.32 Å². The highest BCUT2D eigenvalue weighted by atomic mass is 32.1. The van der Waals surface area contributed by atoms with Gasteiger partial charge >= 0.3 is 0 Å². The van der Waals surface area contributed by atoms with Crippen molar-refractivity contribution in [2.45, 2.75) is 19.8 Å². The van der Waals surface area contributed by atoms with Crippen molar-refractivity contribution in [3.8, 4) is 5.69 Å². The minimum atomic E-state index is -0.453. The molecule has 8 heteroatoms. The number of benzene rings is 1. The van der Waals surface area contributed by atoms with E-state index in [0.717, 1.165) is 11.3 Å². The molecule has 0 unspecified atom stereocenters. The summed E-state index contributed by atoms with van der Waals surface area (Å²) in [5.41, 5.74) is 2.53. The lowest BCUT2D eigenvalue weighted by Gasteiger charge is -2.08. The van der Waals surface area contributed by atoms with Gasteiger partial charge in [0.2, 0.25) is 5.91 Å². The Kier molecular flexibility index (Phi) is 4.90. The van der Waals surface area contributed by atoms with E-state index < -0.39 is 4.92 Å². The molecule has 1 N–H and O–H groups in total. The molecule has 1 amide bonds. The molecule has 7 nitrogen and oxygen atoms in total. The minimum absolute atomic E-state index is 0.00831. The van der Waals surface area contributed by atoms with Gasteiger partial charge in [0, 0.05) is 24.6 Å². The first-order valence-corrected chi connectivity index (χ1v) is 8.59. The van der Waals surface area contributed by atoms with Crippen molar-refractivity contribution in [2.24, 2.45) is 0 Å². The maximum absolute atomic E-state index is 12.2. The van der Waals surface area contributed by atoms with Gasteiger partial charge in [-0.1, -0.05) is 0 Å². The fourth-order valence-electron chi connectivity index (χ4n) is 2.40. The van der Waals surface area contributed by atoms with Gasteiger partial charge in [-0.3, -0.25) is 14.9 Å². The zero-order chi connectivity index (χ0) is 17.8. The van der Waals surface area contributed by atoms with Gasteiger partial charge in [0.15, 0.2) is 0 Å². The summed E-state index contributed by atoms with van der Waals surface area (Å²) in [7, 11) is 0. The van der Waals surface area contributed by atoms with Gasteiger partial charge in [-0.2, -0.15) is 16.4 Å². The number of nitrogens with one attached hydrogen (secondary N) is 1. The van der Waals surface area contributed by atoms with Crippen LogP contribution < -0.4 is 5.32 Å². The zero-order valence-electron chi connectivity index (χ0n) is 13.5. The van der Waals surface area contributed by atoms with Crippen molar-refractivity contribution in [1.29, 1.82) is 0 Å². The lowest BCUT2D eigenvalue weighted by molar-refractivity contribution is -0.384. The van der Waals surface area contributed by atoms with Gasteiger partial charge in [0.1, 0.15) is 5.82 Å². The van der Waals surface area contributed by atoms with Crippen LogP contribution in [0, 0.1) is 17.0 Å². The molecule has 0 fully saturated rings. The Balaban J connectivity index is 1.74. The highest BCUT2D eigenvalue weighted by Crippen LogP contribution is 2.20. The van der Waals surface area contributed by atoms with E-state index in [1.165, 1.54) is 12.1 Å². The summed E-state index contributed by atoms with van der Waals surface area (Å²) >= 11 is 1.61. The number of aromatic nitrogens is 2. The lowest BCUT2D eigenvalue weighted by Crippen LogP contribution is -2.15. The summed E-state index contributed by atoms with van der Waals surface area (Å²) in [5, 5.41) is 22.0. The lowest BCUT2D eigenvalue weighted by atomic mass is 10.2. The highest BCUT2D eigenvalue weighted by molar-refractivity contribution is 7.07. The molecule has 25 heavy (non-hydrogen) atoms. The van der Waals surface area contributed by atoms with Crippen molar-refractivity contribution in [1.82, 2.24) is 9.78 Å². The minimum Gasteiger partial charge on any atom is -0.311 e. The number of carbonyl (C=O) groups excluding carboxylic acids is 1. The summed E-state index contributed by atoms with van der Waals surface area (Å²) in [6.07, 6.45) is 1.06. The predicted molar refractivity (Wildman–Crippen MR) is 96.2 cm³/mol. The standard InChI is InChI=1S/C17H16N4O3S/c1-12-10-16(18-17(22)7-2-13-8-9-25-11-13)20(19-12)14-3-5-15(6-4-14)21(23)24/h3-6,8-11H,2,7H2,1H3,(H,18,22). The van der Waals surface area contributed by atoms with Crippen LogP contribution in [0.25, 0.3) is 5.69 Å². The zero-order valence-corrected chi connectivity index (χ0v) is 14.3. The Labute approximate surface area is 148 Å². The van der Waals surface area contributed by atoms with E-state index in [9.17, 15) is 14.9 Å². The van der Waals surface area contributed by atoms with E-state index in [0.29, 0.717) is 24.3 Å². The van der Waals surface area contributed by atoms with E-state index in [4.69, 9.17) is 0 Å². The van der Waals surface area contributed by atoms with Crippen LogP contribution in [0.3, 0.4) is 0 Å². The average Bonchev–Trinajstić information content (AvgIpc) is 3.22. The van der Waals surface area contributed by atoms with Crippen LogP contribution >= 0.6 is 11.3 Å². The maximum Gasteiger partial charge on any atom is 0.269 e. The second-order valence-electron chi connectivity index (χ2n) is 5.54. The topological polar surface area (TPSA) is 90.1 Å². The van der Waals surface area contributed by atoms with Crippen LogP contribution in [0.15, 0.2) is 47.2 Å². The maximum atomic E-state index is 12.2. The number of amides is 1. The number of aryl methyl sites for hydroxylation is 2. The molecule has 0 aliphatic rings. The largest absolute Gasteiger partial charge is 0.311 e. The van der Waals surface area contributed by atoms with Crippen molar-refractivity contribution < 1.29 is 9.72 Å². The van der Waals surface area contributed by atoms with Crippen molar-refractivity contribution in [3.05, 3.63) is 68.5 Å². The summed E-state index contributed by atoms with van der Waals surface area (Å²) in [6.45, 7) is 1.82. The first-order chi connectivity index (χ1) is 12.0. The first kappa shape index (κ1) is 16.8. The molecule has 128 valence electrons. The van der Waals surface area contributed by atoms with Crippen molar-refractivity contribution in [3.63, 3.8) is 0 Å². The third-order valence-electron chi connectivity index (χ3n) is 3.62. The van der Waals surface area contributed by atoms with E-state index in [1.807, 2.05) is 23.8 Å². The monoisotopic (exact) mass is 356 g/mol. The molecule has 1 aromatic carbocycles. The molecule has 0 radical (unpaired) electrons. The quantitative estimate of drug-likeness (QED) is 0.538. The molecule has 2 heterocycles. The summed E-state index contributed by atoms with van der Waals surface area (Å²) in [4.78, 5) is 22.5. The number of nitrogens with zero attached hydrogens (tertiary/aromatic N) is 3. The normalized spacial score (nSPS) is 10.6. The number of anilines is 1. The van der Waals surface area contributed by atoms with Crippen LogP contribution in [-0.4, -0.2) is 20.6 Å². The van der Waals surface area contributed by atoms with Gasteiger partial charge in [0.05, 0.1) is 16.3 Å². The van der Waals surface area contributed by atoms with Crippen LogP contribution in [0.2, 0.25) is 0 Å². The molecule has 0 spiro atoms. The molecule has 3 rings (SSSR count). The van der Waals surface area contributed by atoms with E-state index in [1.54, 1.807) is 34.2 Å². The Morgan fingerprint density at radius 3 is 2.72 bits per heavy atom. The first-order valence-electron chi connectivity index (χ1n) is 7.65. The highest BCUT2D eigenvalue weighted by Gasteiger charge is 2.12. The summed E-state index contributed by atoms with van der Waals surface area (Å²) in [6, 6.07) is 9.80. The van der Waals surface area contributed by atoms with Crippen molar-refractivity contribution in [2.75, 3.05) is 5.32 Å². The van der Waals surface area contributed by atoms with Gasteiger partial charge in [0.25, 0.3) is 5.69 Å². The average molecular weight is 356 g/mol. The van der Waals surface area contributed by atoms with Crippen molar-refractivity contribution >= 4 is 28.7 Å². The van der Waals surface area contributed by atoms with Crippen LogP contribution in [0.1, 0.15) is 17.7 Å². The van der Waals surface area contributed by atoms with E-state index >= 15 is 0 Å². The van der Waals surface area contributed by atoms with Gasteiger partial charge in [-0.15, -0.1) is 0 Å². The fourth-order valence-corrected chi connectivity index (χ4v) is 3.10. The second-order valence-corrected chi connectivity index (χ2v) is 6.32. The molecule has 0 aliphatic carbocycles. The molecule has 3 aromatic rings. The summed E-state index contributed by atoms with van der Waals surface area (Å²) in [5.74, 6) is 0.441. The van der Waals surface area contributed by atoms with Gasteiger partial charge in [-0.05, 0) is 47.9 Å². The molecule has 0 saturated heterocycles.